The molecule has 1 saturated carbocycles. The van der Waals surface area contributed by atoms with Crippen LogP contribution in [0.25, 0.3) is 0 Å². The summed E-state index contributed by atoms with van der Waals surface area (Å²) in [6.07, 6.45) is 1.35. The van der Waals surface area contributed by atoms with Crippen molar-refractivity contribution in [3.63, 3.8) is 0 Å². The van der Waals surface area contributed by atoms with Crippen LogP contribution in [0.3, 0.4) is 0 Å². The molecule has 2 fully saturated rings. The van der Waals surface area contributed by atoms with Crippen LogP contribution in [0, 0.1) is 0 Å². The Kier molecular flexibility index (Phi) is 2.62. The molecule has 0 amide bonds. The molecule has 1 aliphatic heterocycles. The molecule has 0 aromatic rings. The molecule has 14 heavy (non-hydrogen) atoms. The lowest BCUT2D eigenvalue weighted by Crippen LogP contribution is -2.39. The summed E-state index contributed by atoms with van der Waals surface area (Å²) in [5.41, 5.74) is 0. The largest absolute Gasteiger partial charge is 0.393 e. The fourth-order valence-electron chi connectivity index (χ4n) is 2.75. The van der Waals surface area contributed by atoms with Gasteiger partial charge in [-0.1, -0.05) is 0 Å². The number of likely N-dealkylation sites (tertiary alicyclic amines) is 1. The van der Waals surface area contributed by atoms with Gasteiger partial charge in [0.05, 0.1) is 6.10 Å². The van der Waals surface area contributed by atoms with E-state index in [1.807, 2.05) is 0 Å². The topological polar surface area (TPSA) is 23.5 Å². The average Bonchev–Trinajstić information content (AvgIpc) is 2.33. The predicted octanol–water partition coefficient (Wildman–Crippen LogP) is 1.20. The Bertz CT molecular complexity index is 228. The lowest BCUT2D eigenvalue weighted by molar-refractivity contribution is 0.160. The van der Waals surface area contributed by atoms with Crippen molar-refractivity contribution in [3.05, 3.63) is 0 Å². The van der Waals surface area contributed by atoms with Gasteiger partial charge >= 0.3 is 0 Å². The summed E-state index contributed by atoms with van der Waals surface area (Å²) in [5.74, 6) is 0. The molecule has 1 aliphatic carbocycles. The van der Waals surface area contributed by atoms with Crippen LogP contribution >= 0.6 is 25.3 Å². The molecule has 82 valence electrons. The van der Waals surface area contributed by atoms with E-state index in [9.17, 15) is 5.11 Å². The van der Waals surface area contributed by atoms with Gasteiger partial charge in [0.2, 0.25) is 0 Å². The number of hydrogen-bond acceptors (Lipinski definition) is 4. The van der Waals surface area contributed by atoms with Gasteiger partial charge in [-0.05, 0) is 26.7 Å². The van der Waals surface area contributed by atoms with E-state index in [0.717, 1.165) is 25.9 Å². The first-order valence-electron chi connectivity index (χ1n) is 5.23. The molecule has 1 N–H and O–H groups in total. The number of aliphatic hydroxyl groups excluding tert-OH is 1. The van der Waals surface area contributed by atoms with Crippen LogP contribution in [-0.4, -0.2) is 44.7 Å². The monoisotopic (exact) mass is 233 g/mol. The Morgan fingerprint density at radius 1 is 1.21 bits per heavy atom. The van der Waals surface area contributed by atoms with Crippen LogP contribution in [0.1, 0.15) is 26.7 Å². The van der Waals surface area contributed by atoms with Crippen LogP contribution in [0.5, 0.6) is 0 Å². The molecule has 1 saturated heterocycles. The van der Waals surface area contributed by atoms with E-state index in [4.69, 9.17) is 25.3 Å². The summed E-state index contributed by atoms with van der Waals surface area (Å²) in [5, 5.41) is 9.67. The highest BCUT2D eigenvalue weighted by atomic mass is 32.1. The van der Waals surface area contributed by atoms with Gasteiger partial charge in [0.1, 0.15) is 0 Å². The molecule has 0 spiro atoms. The maximum atomic E-state index is 9.67. The van der Waals surface area contributed by atoms with Crippen LogP contribution < -0.4 is 0 Å². The van der Waals surface area contributed by atoms with Gasteiger partial charge < -0.3 is 5.11 Å². The minimum Gasteiger partial charge on any atom is -0.393 e. The SMILES string of the molecule is CC(C)N1C[C@]2(S)CC(O)C[C@]2(S)C1. The molecular weight excluding hydrogens is 214 g/mol. The van der Waals surface area contributed by atoms with Crippen molar-refractivity contribution in [2.75, 3.05) is 13.1 Å². The smallest absolute Gasteiger partial charge is 0.0568 e. The summed E-state index contributed by atoms with van der Waals surface area (Å²) >= 11 is 9.52. The summed E-state index contributed by atoms with van der Waals surface area (Å²) in [7, 11) is 0. The van der Waals surface area contributed by atoms with Crippen molar-refractivity contribution >= 4 is 25.3 Å². The third-order valence-corrected chi connectivity index (χ3v) is 5.35. The van der Waals surface area contributed by atoms with Gasteiger partial charge in [0, 0.05) is 28.6 Å². The molecule has 0 aromatic heterocycles. The van der Waals surface area contributed by atoms with Gasteiger partial charge in [-0.15, -0.1) is 0 Å². The average molecular weight is 233 g/mol. The van der Waals surface area contributed by atoms with Gasteiger partial charge in [0.25, 0.3) is 0 Å². The first kappa shape index (κ1) is 11.1. The number of aliphatic hydroxyl groups is 1. The maximum absolute atomic E-state index is 9.67. The van der Waals surface area contributed by atoms with Crippen LogP contribution in [0.15, 0.2) is 0 Å². The molecule has 1 heterocycles. The first-order chi connectivity index (χ1) is 6.36. The van der Waals surface area contributed by atoms with Crippen LogP contribution in [0.2, 0.25) is 0 Å². The zero-order valence-electron chi connectivity index (χ0n) is 8.77. The molecule has 2 rings (SSSR count). The van der Waals surface area contributed by atoms with E-state index in [-0.39, 0.29) is 15.6 Å². The zero-order valence-corrected chi connectivity index (χ0v) is 10.6. The molecule has 3 atom stereocenters. The zero-order chi connectivity index (χ0) is 10.6. The molecule has 2 nitrogen and oxygen atoms in total. The highest BCUT2D eigenvalue weighted by Crippen LogP contribution is 2.53. The molecule has 0 radical (unpaired) electrons. The lowest BCUT2D eigenvalue weighted by Gasteiger charge is -2.30. The third kappa shape index (κ3) is 1.51. The van der Waals surface area contributed by atoms with Crippen LogP contribution in [-0.2, 0) is 0 Å². The normalized spacial score (nSPS) is 48.9. The number of nitrogens with zero attached hydrogens (tertiary/aromatic N) is 1. The molecule has 2 aliphatic rings. The summed E-state index contributed by atoms with van der Waals surface area (Å²) in [6.45, 7) is 6.31. The second-order valence-electron chi connectivity index (χ2n) is 5.12. The third-order valence-electron chi connectivity index (χ3n) is 3.67. The summed E-state index contributed by atoms with van der Waals surface area (Å²) in [6, 6.07) is 0.547. The Balaban J connectivity index is 2.19. The number of thiol groups is 2. The Morgan fingerprint density at radius 3 is 2.00 bits per heavy atom. The van der Waals surface area contributed by atoms with Gasteiger partial charge in [-0.3, -0.25) is 4.90 Å². The van der Waals surface area contributed by atoms with Gasteiger partial charge in [-0.2, -0.15) is 25.3 Å². The summed E-state index contributed by atoms with van der Waals surface area (Å²) < 4.78 is -0.195. The van der Waals surface area contributed by atoms with E-state index in [1.165, 1.54) is 0 Å². The van der Waals surface area contributed by atoms with Crippen molar-refractivity contribution in [3.8, 4) is 0 Å². The summed E-state index contributed by atoms with van der Waals surface area (Å²) in [4.78, 5) is 2.41. The predicted molar refractivity (Wildman–Crippen MR) is 65.4 cm³/mol. The van der Waals surface area contributed by atoms with E-state index in [0.29, 0.717) is 6.04 Å². The fraction of sp³-hybridized carbons (Fsp3) is 1.00. The first-order valence-corrected chi connectivity index (χ1v) is 6.13. The highest BCUT2D eigenvalue weighted by Gasteiger charge is 2.59. The highest BCUT2D eigenvalue weighted by molar-refractivity contribution is 7.86. The molecule has 4 heteroatoms. The quantitative estimate of drug-likeness (QED) is 0.593. The number of fused-ring (bicyclic) bond motifs is 1. The Labute approximate surface area is 96.9 Å². The van der Waals surface area contributed by atoms with Crippen molar-refractivity contribution in [1.29, 1.82) is 0 Å². The molecular formula is C10H19NOS2. The minimum atomic E-state index is -0.209. The minimum absolute atomic E-state index is 0.0974. The number of rotatable bonds is 1. The maximum Gasteiger partial charge on any atom is 0.0568 e. The number of hydrogen-bond donors (Lipinski definition) is 3. The van der Waals surface area contributed by atoms with Crippen molar-refractivity contribution < 1.29 is 5.11 Å². The van der Waals surface area contributed by atoms with E-state index in [1.54, 1.807) is 0 Å². The van der Waals surface area contributed by atoms with Gasteiger partial charge in [-0.25, -0.2) is 0 Å². The van der Waals surface area contributed by atoms with E-state index < -0.39 is 0 Å². The Morgan fingerprint density at radius 2 is 1.64 bits per heavy atom. The van der Waals surface area contributed by atoms with Crippen molar-refractivity contribution in [2.24, 2.45) is 0 Å². The van der Waals surface area contributed by atoms with Crippen molar-refractivity contribution in [2.45, 2.75) is 48.3 Å². The second-order valence-corrected chi connectivity index (χ2v) is 6.84. The fourth-order valence-corrected chi connectivity index (χ4v) is 3.86. The second kappa shape index (κ2) is 3.30. The Hall–Kier alpha value is 0.620. The van der Waals surface area contributed by atoms with E-state index >= 15 is 0 Å². The van der Waals surface area contributed by atoms with Crippen LogP contribution in [0.4, 0.5) is 0 Å². The lowest BCUT2D eigenvalue weighted by atomic mass is 9.98. The molecule has 1 unspecified atom stereocenters. The molecule has 0 bridgehead atoms. The standard InChI is InChI=1S/C10H19NOS2/c1-7(2)11-5-9(13)3-8(12)4-10(9,14)6-11/h7-8,12-14H,3-6H2,1-2H3/t8?,9-,10+. The molecule has 0 aromatic carbocycles. The van der Waals surface area contributed by atoms with E-state index in [2.05, 4.69) is 18.7 Å². The van der Waals surface area contributed by atoms with Gasteiger partial charge in [0.15, 0.2) is 0 Å². The van der Waals surface area contributed by atoms with Crippen molar-refractivity contribution in [1.82, 2.24) is 4.90 Å².